The predicted molar refractivity (Wildman–Crippen MR) is 60.3 cm³/mol. The van der Waals surface area contributed by atoms with E-state index in [-0.39, 0.29) is 5.56 Å². The fraction of sp³-hybridized carbons (Fsp3) is 0.250. The maximum Gasteiger partial charge on any atom is 0.335 e. The molecule has 0 bridgehead atoms. The van der Waals surface area contributed by atoms with Gasteiger partial charge in [0.25, 0.3) is 0 Å². The number of nitrogens with zero attached hydrogens (tertiary/aromatic N) is 3. The van der Waals surface area contributed by atoms with Crippen LogP contribution in [-0.2, 0) is 0 Å². The van der Waals surface area contributed by atoms with E-state index < -0.39 is 5.97 Å². The van der Waals surface area contributed by atoms with Crippen molar-refractivity contribution >= 4 is 5.97 Å². The Labute approximate surface area is 97.7 Å². The summed E-state index contributed by atoms with van der Waals surface area (Å²) in [5.74, 6) is 0.166. The number of carbonyl (C=O) groups is 1. The van der Waals surface area contributed by atoms with Crippen LogP contribution in [0.1, 0.15) is 34.8 Å². The van der Waals surface area contributed by atoms with Gasteiger partial charge in [-0.1, -0.05) is 0 Å². The van der Waals surface area contributed by atoms with E-state index in [1.54, 1.807) is 4.68 Å². The van der Waals surface area contributed by atoms with Gasteiger partial charge in [-0.2, -0.15) is 5.10 Å². The number of pyridine rings is 1. The van der Waals surface area contributed by atoms with Crippen LogP contribution in [0.5, 0.6) is 0 Å². The Morgan fingerprint density at radius 1 is 1.41 bits per heavy atom. The monoisotopic (exact) mass is 229 g/mol. The Morgan fingerprint density at radius 3 is 2.94 bits per heavy atom. The van der Waals surface area contributed by atoms with Crippen molar-refractivity contribution in [2.24, 2.45) is 0 Å². The molecule has 0 spiro atoms. The van der Waals surface area contributed by atoms with Gasteiger partial charge in [0.2, 0.25) is 0 Å². The second-order valence-corrected chi connectivity index (χ2v) is 4.17. The van der Waals surface area contributed by atoms with Crippen molar-refractivity contribution in [3.63, 3.8) is 0 Å². The summed E-state index contributed by atoms with van der Waals surface area (Å²) in [4.78, 5) is 15.0. The normalized spacial score (nSPS) is 14.8. The number of aromatic nitrogens is 3. The van der Waals surface area contributed by atoms with Gasteiger partial charge in [0.15, 0.2) is 5.82 Å². The van der Waals surface area contributed by atoms with E-state index in [0.29, 0.717) is 11.7 Å². The molecule has 0 saturated heterocycles. The number of carboxylic acids is 1. The lowest BCUT2D eigenvalue weighted by molar-refractivity contribution is 0.0696. The Bertz CT molecular complexity index is 573. The minimum atomic E-state index is -0.955. The molecule has 0 aliphatic heterocycles. The highest BCUT2D eigenvalue weighted by Gasteiger charge is 2.26. The number of aromatic carboxylic acids is 1. The molecule has 17 heavy (non-hydrogen) atoms. The molecule has 2 aromatic heterocycles. The third-order valence-electron chi connectivity index (χ3n) is 2.83. The molecule has 5 heteroatoms. The first kappa shape index (κ1) is 10.0. The Balaban J connectivity index is 1.96. The van der Waals surface area contributed by atoms with Gasteiger partial charge in [0, 0.05) is 18.3 Å². The smallest absolute Gasteiger partial charge is 0.335 e. The molecular weight excluding hydrogens is 218 g/mol. The van der Waals surface area contributed by atoms with Gasteiger partial charge in [-0.25, -0.2) is 14.5 Å². The lowest BCUT2D eigenvalue weighted by Crippen LogP contribution is -2.03. The maximum absolute atomic E-state index is 10.9. The zero-order valence-electron chi connectivity index (χ0n) is 9.08. The molecule has 0 radical (unpaired) electrons. The number of hydrogen-bond acceptors (Lipinski definition) is 3. The number of hydrogen-bond donors (Lipinski definition) is 1. The Kier molecular flexibility index (Phi) is 2.18. The highest BCUT2D eigenvalue weighted by atomic mass is 16.4. The molecule has 0 unspecified atom stereocenters. The van der Waals surface area contributed by atoms with Crippen molar-refractivity contribution in [2.45, 2.75) is 18.8 Å². The highest BCUT2D eigenvalue weighted by molar-refractivity contribution is 5.87. The van der Waals surface area contributed by atoms with Crippen LogP contribution in [0.25, 0.3) is 5.82 Å². The van der Waals surface area contributed by atoms with Crippen molar-refractivity contribution < 1.29 is 9.90 Å². The third kappa shape index (κ3) is 1.91. The van der Waals surface area contributed by atoms with Crippen LogP contribution >= 0.6 is 0 Å². The van der Waals surface area contributed by atoms with Gasteiger partial charge < -0.3 is 5.11 Å². The molecule has 5 nitrogen and oxygen atoms in total. The summed E-state index contributed by atoms with van der Waals surface area (Å²) in [5, 5.41) is 13.3. The van der Waals surface area contributed by atoms with Crippen LogP contribution in [0.4, 0.5) is 0 Å². The van der Waals surface area contributed by atoms with Crippen molar-refractivity contribution in [1.82, 2.24) is 14.8 Å². The number of rotatable bonds is 3. The molecule has 1 aliphatic carbocycles. The Morgan fingerprint density at radius 2 is 2.24 bits per heavy atom. The van der Waals surface area contributed by atoms with Crippen LogP contribution in [0.3, 0.4) is 0 Å². The van der Waals surface area contributed by atoms with Gasteiger partial charge in [0.1, 0.15) is 0 Å². The molecule has 0 atom stereocenters. The van der Waals surface area contributed by atoms with Crippen LogP contribution < -0.4 is 0 Å². The predicted octanol–water partition coefficient (Wildman–Crippen LogP) is 1.84. The van der Waals surface area contributed by atoms with Crippen LogP contribution in [0, 0.1) is 0 Å². The summed E-state index contributed by atoms with van der Waals surface area (Å²) >= 11 is 0. The molecule has 1 N–H and O–H groups in total. The van der Waals surface area contributed by atoms with Gasteiger partial charge in [0.05, 0.1) is 11.3 Å². The first-order valence-corrected chi connectivity index (χ1v) is 5.49. The number of carboxylic acid groups (broad SMARTS) is 1. The fourth-order valence-corrected chi connectivity index (χ4v) is 1.74. The van der Waals surface area contributed by atoms with E-state index in [4.69, 9.17) is 5.11 Å². The minimum Gasteiger partial charge on any atom is -0.478 e. The second-order valence-electron chi connectivity index (χ2n) is 4.17. The molecule has 3 rings (SSSR count). The summed E-state index contributed by atoms with van der Waals surface area (Å²) in [6.07, 6.45) is 5.69. The standard InChI is InChI=1S/C12H11N3O2/c16-12(17)9-3-5-13-11(7-9)15-6-4-10(14-15)8-1-2-8/h3-8H,1-2H2,(H,16,17). The zero-order valence-corrected chi connectivity index (χ0v) is 9.08. The molecular formula is C12H11N3O2. The Hall–Kier alpha value is -2.17. The second kappa shape index (κ2) is 3.69. The summed E-state index contributed by atoms with van der Waals surface area (Å²) < 4.78 is 1.63. The molecule has 2 heterocycles. The molecule has 86 valence electrons. The molecule has 1 aliphatic rings. The van der Waals surface area contributed by atoms with Gasteiger partial charge in [-0.15, -0.1) is 0 Å². The van der Waals surface area contributed by atoms with Gasteiger partial charge in [-0.3, -0.25) is 0 Å². The summed E-state index contributed by atoms with van der Waals surface area (Å²) in [5.41, 5.74) is 1.28. The average molecular weight is 229 g/mol. The molecule has 0 amide bonds. The zero-order chi connectivity index (χ0) is 11.8. The van der Waals surface area contributed by atoms with Crippen molar-refractivity contribution in [1.29, 1.82) is 0 Å². The first-order chi connectivity index (χ1) is 8.24. The largest absolute Gasteiger partial charge is 0.478 e. The third-order valence-corrected chi connectivity index (χ3v) is 2.83. The van der Waals surface area contributed by atoms with Crippen molar-refractivity contribution in [2.75, 3.05) is 0 Å². The maximum atomic E-state index is 10.9. The first-order valence-electron chi connectivity index (χ1n) is 5.49. The van der Waals surface area contributed by atoms with E-state index in [9.17, 15) is 4.79 Å². The van der Waals surface area contributed by atoms with E-state index >= 15 is 0 Å². The van der Waals surface area contributed by atoms with Gasteiger partial charge >= 0.3 is 5.97 Å². The van der Waals surface area contributed by atoms with Crippen LogP contribution in [-0.4, -0.2) is 25.8 Å². The molecule has 0 aromatic carbocycles. The van der Waals surface area contributed by atoms with Crippen molar-refractivity contribution in [3.8, 4) is 5.82 Å². The summed E-state index contributed by atoms with van der Waals surface area (Å²) in [7, 11) is 0. The van der Waals surface area contributed by atoms with Crippen LogP contribution in [0.15, 0.2) is 30.6 Å². The van der Waals surface area contributed by atoms with Gasteiger partial charge in [-0.05, 0) is 31.0 Å². The summed E-state index contributed by atoms with van der Waals surface area (Å²) in [6, 6.07) is 4.95. The van der Waals surface area contributed by atoms with Crippen LogP contribution in [0.2, 0.25) is 0 Å². The van der Waals surface area contributed by atoms with Crippen molar-refractivity contribution in [3.05, 3.63) is 41.9 Å². The van der Waals surface area contributed by atoms with E-state index in [0.717, 1.165) is 5.69 Å². The molecule has 1 fully saturated rings. The van der Waals surface area contributed by atoms with E-state index in [2.05, 4.69) is 10.1 Å². The summed E-state index contributed by atoms with van der Waals surface area (Å²) in [6.45, 7) is 0. The highest BCUT2D eigenvalue weighted by Crippen LogP contribution is 2.38. The van der Waals surface area contributed by atoms with E-state index in [1.807, 2.05) is 12.3 Å². The minimum absolute atomic E-state index is 0.221. The quantitative estimate of drug-likeness (QED) is 0.872. The molecule has 1 saturated carbocycles. The lowest BCUT2D eigenvalue weighted by Gasteiger charge is -2.01. The van der Waals surface area contributed by atoms with E-state index in [1.165, 1.54) is 31.2 Å². The SMILES string of the molecule is O=C(O)c1ccnc(-n2ccc(C3CC3)n2)c1. The topological polar surface area (TPSA) is 68.0 Å². The molecule has 2 aromatic rings. The fourth-order valence-electron chi connectivity index (χ4n) is 1.74. The lowest BCUT2D eigenvalue weighted by atomic mass is 10.3. The average Bonchev–Trinajstić information content (AvgIpc) is 3.07.